The molecule has 0 radical (unpaired) electrons. The molecule has 4 nitrogen and oxygen atoms in total. The van der Waals surface area contributed by atoms with Gasteiger partial charge in [0.2, 0.25) is 0 Å². The smallest absolute Gasteiger partial charge is 0.0674 e. The van der Waals surface area contributed by atoms with Gasteiger partial charge in [-0.25, -0.2) is 0 Å². The summed E-state index contributed by atoms with van der Waals surface area (Å²) in [5, 5.41) is 3.69. The molecule has 0 bridgehead atoms. The van der Waals surface area contributed by atoms with E-state index in [1.165, 1.54) is 6.42 Å². The van der Waals surface area contributed by atoms with E-state index in [4.69, 9.17) is 9.47 Å². The maximum absolute atomic E-state index is 5.72. The molecule has 2 rings (SSSR count). The van der Waals surface area contributed by atoms with Crippen LogP contribution >= 0.6 is 0 Å². The Morgan fingerprint density at radius 2 is 2.11 bits per heavy atom. The van der Waals surface area contributed by atoms with E-state index in [1.54, 1.807) is 0 Å². The van der Waals surface area contributed by atoms with Crippen LogP contribution in [0.15, 0.2) is 0 Å². The lowest BCUT2D eigenvalue weighted by molar-refractivity contribution is -0.0978. The monoisotopic (exact) mass is 256 g/mol. The second-order valence-corrected chi connectivity index (χ2v) is 5.68. The molecule has 1 N–H and O–H groups in total. The summed E-state index contributed by atoms with van der Waals surface area (Å²) in [6.45, 7) is 11.4. The number of hydrogen-bond acceptors (Lipinski definition) is 4. The highest BCUT2D eigenvalue weighted by atomic mass is 16.5. The summed E-state index contributed by atoms with van der Waals surface area (Å²) in [6.07, 6.45) is 2.66. The quantitative estimate of drug-likeness (QED) is 0.821. The van der Waals surface area contributed by atoms with Crippen molar-refractivity contribution in [3.8, 4) is 0 Å². The molecule has 0 amide bonds. The van der Waals surface area contributed by atoms with E-state index in [-0.39, 0.29) is 0 Å². The molecule has 4 atom stereocenters. The van der Waals surface area contributed by atoms with Gasteiger partial charge in [0.1, 0.15) is 0 Å². The van der Waals surface area contributed by atoms with Gasteiger partial charge in [0, 0.05) is 31.3 Å². The van der Waals surface area contributed by atoms with E-state index in [2.05, 4.69) is 31.0 Å². The molecule has 106 valence electrons. The fourth-order valence-electron chi connectivity index (χ4n) is 3.01. The van der Waals surface area contributed by atoms with Crippen LogP contribution in [0.3, 0.4) is 0 Å². The molecule has 2 aliphatic rings. The van der Waals surface area contributed by atoms with Gasteiger partial charge < -0.3 is 14.8 Å². The summed E-state index contributed by atoms with van der Waals surface area (Å²) in [4.78, 5) is 2.58. The Morgan fingerprint density at radius 1 is 1.28 bits per heavy atom. The van der Waals surface area contributed by atoms with E-state index in [1.807, 2.05) is 0 Å². The van der Waals surface area contributed by atoms with Gasteiger partial charge in [0.15, 0.2) is 0 Å². The fraction of sp³-hybridized carbons (Fsp3) is 1.00. The number of nitrogens with one attached hydrogen (secondary N) is 1. The van der Waals surface area contributed by atoms with Gasteiger partial charge in [-0.2, -0.15) is 0 Å². The molecule has 4 heteroatoms. The molecule has 0 aromatic carbocycles. The Balaban J connectivity index is 1.97. The summed E-state index contributed by atoms with van der Waals surface area (Å²) in [6, 6.07) is 1.58. The highest BCUT2D eigenvalue weighted by molar-refractivity contribution is 4.91. The van der Waals surface area contributed by atoms with Crippen LogP contribution in [-0.4, -0.2) is 62.0 Å². The van der Waals surface area contributed by atoms with Gasteiger partial charge in [-0.15, -0.1) is 0 Å². The van der Waals surface area contributed by atoms with Crippen LogP contribution in [0.4, 0.5) is 0 Å². The van der Waals surface area contributed by atoms with E-state index in [0.717, 1.165) is 39.3 Å². The average molecular weight is 256 g/mol. The van der Waals surface area contributed by atoms with Crippen LogP contribution in [0.2, 0.25) is 0 Å². The summed E-state index contributed by atoms with van der Waals surface area (Å²) < 4.78 is 11.4. The Bertz CT molecular complexity index is 250. The highest BCUT2D eigenvalue weighted by Crippen LogP contribution is 2.21. The normalized spacial score (nSPS) is 38.8. The van der Waals surface area contributed by atoms with Gasteiger partial charge >= 0.3 is 0 Å². The van der Waals surface area contributed by atoms with E-state index in [0.29, 0.717) is 24.2 Å². The summed E-state index contributed by atoms with van der Waals surface area (Å²) in [5.41, 5.74) is 0. The minimum atomic E-state index is 0.343. The van der Waals surface area contributed by atoms with Crippen molar-refractivity contribution >= 4 is 0 Å². The summed E-state index contributed by atoms with van der Waals surface area (Å²) in [7, 11) is 0. The second kappa shape index (κ2) is 6.85. The molecule has 2 aliphatic heterocycles. The number of nitrogens with zero attached hydrogens (tertiary/aromatic N) is 1. The van der Waals surface area contributed by atoms with Gasteiger partial charge in [-0.05, 0) is 33.2 Å². The highest BCUT2D eigenvalue weighted by Gasteiger charge is 2.35. The zero-order chi connectivity index (χ0) is 13.0. The van der Waals surface area contributed by atoms with Crippen molar-refractivity contribution in [2.45, 2.75) is 57.8 Å². The maximum atomic E-state index is 5.72. The van der Waals surface area contributed by atoms with Crippen molar-refractivity contribution in [1.29, 1.82) is 0 Å². The van der Waals surface area contributed by atoms with E-state index in [9.17, 15) is 0 Å². The van der Waals surface area contributed by atoms with Crippen molar-refractivity contribution in [2.75, 3.05) is 32.9 Å². The van der Waals surface area contributed by atoms with Crippen LogP contribution in [-0.2, 0) is 9.47 Å². The second-order valence-electron chi connectivity index (χ2n) is 5.68. The Hall–Kier alpha value is -0.160. The number of hydrogen-bond donors (Lipinski definition) is 1. The van der Waals surface area contributed by atoms with Gasteiger partial charge in [-0.1, -0.05) is 6.92 Å². The molecule has 2 saturated heterocycles. The SMILES string of the molecule is CCCNC1CCOCC1N1CC(C)OCC1C. The third-order valence-electron chi connectivity index (χ3n) is 4.06. The molecular formula is C14H28N2O2. The van der Waals surface area contributed by atoms with E-state index < -0.39 is 0 Å². The molecule has 0 aromatic rings. The first-order chi connectivity index (χ1) is 8.72. The first-order valence-corrected chi connectivity index (χ1v) is 7.40. The Kier molecular flexibility index (Phi) is 5.42. The van der Waals surface area contributed by atoms with Crippen molar-refractivity contribution in [1.82, 2.24) is 10.2 Å². The minimum Gasteiger partial charge on any atom is -0.380 e. The van der Waals surface area contributed by atoms with Crippen molar-refractivity contribution in [3.63, 3.8) is 0 Å². The zero-order valence-corrected chi connectivity index (χ0v) is 12.0. The van der Waals surface area contributed by atoms with Crippen LogP contribution in [0.5, 0.6) is 0 Å². The molecule has 2 heterocycles. The topological polar surface area (TPSA) is 33.7 Å². The number of morpholine rings is 1. The number of rotatable bonds is 4. The molecule has 0 spiro atoms. The first kappa shape index (κ1) is 14.3. The van der Waals surface area contributed by atoms with Gasteiger partial charge in [0.25, 0.3) is 0 Å². The lowest BCUT2D eigenvalue weighted by atomic mass is 9.98. The Morgan fingerprint density at radius 3 is 2.89 bits per heavy atom. The standard InChI is InChI=1S/C14H28N2O2/c1-4-6-15-13-5-7-17-10-14(13)16-8-12(3)18-9-11(16)2/h11-15H,4-10H2,1-3H3. The minimum absolute atomic E-state index is 0.343. The van der Waals surface area contributed by atoms with Crippen LogP contribution in [0, 0.1) is 0 Å². The molecule has 4 unspecified atom stereocenters. The lowest BCUT2D eigenvalue weighted by Gasteiger charge is -2.46. The van der Waals surface area contributed by atoms with Crippen LogP contribution in [0.25, 0.3) is 0 Å². The van der Waals surface area contributed by atoms with E-state index >= 15 is 0 Å². The van der Waals surface area contributed by atoms with Gasteiger partial charge in [0.05, 0.1) is 19.3 Å². The number of ether oxygens (including phenoxy) is 2. The molecule has 0 aliphatic carbocycles. The van der Waals surface area contributed by atoms with Crippen molar-refractivity contribution in [3.05, 3.63) is 0 Å². The summed E-state index contributed by atoms with van der Waals surface area (Å²) in [5.74, 6) is 0. The lowest BCUT2D eigenvalue weighted by Crippen LogP contribution is -2.61. The van der Waals surface area contributed by atoms with Crippen LogP contribution < -0.4 is 5.32 Å². The van der Waals surface area contributed by atoms with Crippen molar-refractivity contribution in [2.24, 2.45) is 0 Å². The molecule has 18 heavy (non-hydrogen) atoms. The molecule has 0 saturated carbocycles. The van der Waals surface area contributed by atoms with Gasteiger partial charge in [-0.3, -0.25) is 4.90 Å². The first-order valence-electron chi connectivity index (χ1n) is 7.40. The third-order valence-corrected chi connectivity index (χ3v) is 4.06. The average Bonchev–Trinajstić information content (AvgIpc) is 2.39. The largest absolute Gasteiger partial charge is 0.380 e. The summed E-state index contributed by atoms with van der Waals surface area (Å²) >= 11 is 0. The third kappa shape index (κ3) is 3.44. The maximum Gasteiger partial charge on any atom is 0.0674 e. The molecular weight excluding hydrogens is 228 g/mol. The van der Waals surface area contributed by atoms with Crippen molar-refractivity contribution < 1.29 is 9.47 Å². The Labute approximate surface area is 111 Å². The van der Waals surface area contributed by atoms with Crippen LogP contribution in [0.1, 0.15) is 33.6 Å². The predicted molar refractivity (Wildman–Crippen MR) is 72.9 cm³/mol. The molecule has 0 aromatic heterocycles. The fourth-order valence-corrected chi connectivity index (χ4v) is 3.01. The zero-order valence-electron chi connectivity index (χ0n) is 12.0. The predicted octanol–water partition coefficient (Wildman–Crippen LogP) is 1.25. The molecule has 2 fully saturated rings.